The first-order valence-corrected chi connectivity index (χ1v) is 5.70. The van der Waals surface area contributed by atoms with Crippen LogP contribution in [0.3, 0.4) is 0 Å². The normalized spacial score (nSPS) is 9.20. The minimum Gasteiger partial charge on any atom is -0.490 e. The summed E-state index contributed by atoms with van der Waals surface area (Å²) in [4.78, 5) is 4.04. The predicted molar refractivity (Wildman–Crippen MR) is 62.0 cm³/mol. The third kappa shape index (κ3) is 4.73. The lowest BCUT2D eigenvalue weighted by atomic mass is 10.3. The van der Waals surface area contributed by atoms with Crippen LogP contribution in [0.5, 0.6) is 5.75 Å². The average Bonchev–Trinajstić information content (AvgIpc) is 2.27. The molecule has 0 aliphatic carbocycles. The van der Waals surface area contributed by atoms with Gasteiger partial charge in [0.15, 0.2) is 0 Å². The fourth-order valence-corrected chi connectivity index (χ4v) is 1.14. The van der Waals surface area contributed by atoms with Gasteiger partial charge in [-0.15, -0.1) is 0 Å². The van der Waals surface area contributed by atoms with Crippen LogP contribution >= 0.6 is 11.8 Å². The van der Waals surface area contributed by atoms with E-state index in [1.165, 1.54) is 11.8 Å². The molecule has 0 bridgehead atoms. The number of nitrogens with zero attached hydrogens (tertiary/aromatic N) is 1. The van der Waals surface area contributed by atoms with Crippen molar-refractivity contribution < 1.29 is 9.47 Å². The molecule has 3 nitrogen and oxygen atoms in total. The standard InChI is InChI=1S/C11H13NO2S/c1-13-4-5-14-11-7-10(3-6-15-2)8-12-9-11/h7-9H,4-5H2,1-2H3. The van der Waals surface area contributed by atoms with Crippen molar-refractivity contribution in [1.82, 2.24) is 4.98 Å². The molecule has 0 unspecified atom stereocenters. The molecule has 15 heavy (non-hydrogen) atoms. The highest BCUT2D eigenvalue weighted by molar-refractivity contribution is 8.03. The molecule has 4 heteroatoms. The highest BCUT2D eigenvalue weighted by atomic mass is 32.2. The summed E-state index contributed by atoms with van der Waals surface area (Å²) in [6.45, 7) is 1.10. The highest BCUT2D eigenvalue weighted by Gasteiger charge is 1.95. The van der Waals surface area contributed by atoms with Gasteiger partial charge in [-0.1, -0.05) is 17.7 Å². The molecule has 1 heterocycles. The van der Waals surface area contributed by atoms with Crippen molar-refractivity contribution in [2.75, 3.05) is 26.6 Å². The van der Waals surface area contributed by atoms with Crippen molar-refractivity contribution in [1.29, 1.82) is 0 Å². The lowest BCUT2D eigenvalue weighted by molar-refractivity contribution is 0.146. The average molecular weight is 223 g/mol. The van der Waals surface area contributed by atoms with Gasteiger partial charge in [0.25, 0.3) is 0 Å². The summed E-state index contributed by atoms with van der Waals surface area (Å²) < 4.78 is 10.3. The Morgan fingerprint density at radius 1 is 1.40 bits per heavy atom. The second-order valence-electron chi connectivity index (χ2n) is 2.68. The van der Waals surface area contributed by atoms with Crippen molar-refractivity contribution >= 4 is 11.8 Å². The Hall–Kier alpha value is -1.18. The molecule has 1 aromatic rings. The van der Waals surface area contributed by atoms with Gasteiger partial charge in [0, 0.05) is 18.9 Å². The van der Waals surface area contributed by atoms with Crippen LogP contribution in [0, 0.1) is 11.2 Å². The molecule has 1 rings (SSSR count). The molecule has 0 fully saturated rings. The van der Waals surface area contributed by atoms with Crippen LogP contribution in [0.4, 0.5) is 0 Å². The molecule has 0 saturated heterocycles. The zero-order valence-electron chi connectivity index (χ0n) is 8.82. The molecule has 80 valence electrons. The molecule has 0 N–H and O–H groups in total. The monoisotopic (exact) mass is 223 g/mol. The summed E-state index contributed by atoms with van der Waals surface area (Å²) in [5.41, 5.74) is 0.860. The van der Waals surface area contributed by atoms with Crippen molar-refractivity contribution in [3.8, 4) is 16.9 Å². The van der Waals surface area contributed by atoms with Crippen LogP contribution in [0.25, 0.3) is 0 Å². The van der Waals surface area contributed by atoms with E-state index in [9.17, 15) is 0 Å². The van der Waals surface area contributed by atoms with Crippen molar-refractivity contribution in [3.63, 3.8) is 0 Å². The Morgan fingerprint density at radius 2 is 2.27 bits per heavy atom. The Morgan fingerprint density at radius 3 is 3.00 bits per heavy atom. The molecule has 0 saturated carbocycles. The van der Waals surface area contributed by atoms with Crippen LogP contribution < -0.4 is 4.74 Å². The van der Waals surface area contributed by atoms with Gasteiger partial charge in [0.1, 0.15) is 12.4 Å². The lowest BCUT2D eigenvalue weighted by Gasteiger charge is -2.04. The van der Waals surface area contributed by atoms with E-state index in [1.807, 2.05) is 12.3 Å². The number of methoxy groups -OCH3 is 1. The van der Waals surface area contributed by atoms with E-state index < -0.39 is 0 Å². The molecule has 0 atom stereocenters. The van der Waals surface area contributed by atoms with Gasteiger partial charge in [0.05, 0.1) is 12.8 Å². The summed E-state index contributed by atoms with van der Waals surface area (Å²) in [7, 11) is 1.64. The third-order valence-electron chi connectivity index (χ3n) is 1.57. The predicted octanol–water partition coefficient (Wildman–Crippen LogP) is 1.78. The lowest BCUT2D eigenvalue weighted by Crippen LogP contribution is -2.04. The van der Waals surface area contributed by atoms with E-state index in [4.69, 9.17) is 9.47 Å². The summed E-state index contributed by atoms with van der Waals surface area (Å²) >= 11 is 1.47. The van der Waals surface area contributed by atoms with Gasteiger partial charge in [0.2, 0.25) is 0 Å². The van der Waals surface area contributed by atoms with E-state index in [0.29, 0.717) is 13.2 Å². The fourth-order valence-electron chi connectivity index (χ4n) is 0.919. The number of thioether (sulfide) groups is 1. The molecule has 0 amide bonds. The number of hydrogen-bond donors (Lipinski definition) is 0. The topological polar surface area (TPSA) is 31.4 Å². The Kier molecular flexibility index (Phi) is 5.67. The van der Waals surface area contributed by atoms with Gasteiger partial charge in [-0.2, -0.15) is 0 Å². The zero-order chi connectivity index (χ0) is 10.9. The van der Waals surface area contributed by atoms with Crippen molar-refractivity contribution in [2.24, 2.45) is 0 Å². The molecule has 0 radical (unpaired) electrons. The second-order valence-corrected chi connectivity index (χ2v) is 3.29. The largest absolute Gasteiger partial charge is 0.490 e. The summed E-state index contributed by atoms with van der Waals surface area (Å²) in [6, 6.07) is 1.87. The molecular formula is C11H13NO2S. The number of pyridine rings is 1. The zero-order valence-corrected chi connectivity index (χ0v) is 9.63. The minimum absolute atomic E-state index is 0.525. The van der Waals surface area contributed by atoms with Gasteiger partial charge in [-0.05, 0) is 17.6 Å². The van der Waals surface area contributed by atoms with Crippen LogP contribution in [0.2, 0.25) is 0 Å². The quantitative estimate of drug-likeness (QED) is 0.575. The Labute approximate surface area is 94.2 Å². The number of aromatic nitrogens is 1. The van der Waals surface area contributed by atoms with E-state index in [0.717, 1.165) is 11.3 Å². The maximum atomic E-state index is 5.40. The first kappa shape index (κ1) is 11.9. The maximum absolute atomic E-state index is 5.40. The second kappa shape index (κ2) is 7.16. The Balaban J connectivity index is 2.57. The van der Waals surface area contributed by atoms with E-state index >= 15 is 0 Å². The van der Waals surface area contributed by atoms with E-state index in [2.05, 4.69) is 16.2 Å². The molecule has 0 aromatic carbocycles. The first-order chi connectivity index (χ1) is 7.36. The number of hydrogen-bond acceptors (Lipinski definition) is 4. The van der Waals surface area contributed by atoms with Crippen LogP contribution in [0.15, 0.2) is 18.5 Å². The van der Waals surface area contributed by atoms with Crippen LogP contribution in [-0.2, 0) is 4.74 Å². The molecule has 1 aromatic heterocycles. The van der Waals surface area contributed by atoms with Gasteiger partial charge >= 0.3 is 0 Å². The summed E-state index contributed by atoms with van der Waals surface area (Å²) in [5, 5.41) is 2.91. The first-order valence-electron chi connectivity index (χ1n) is 4.47. The van der Waals surface area contributed by atoms with Gasteiger partial charge < -0.3 is 9.47 Å². The summed E-state index contributed by atoms with van der Waals surface area (Å²) in [6.07, 6.45) is 5.31. The third-order valence-corrected chi connectivity index (χ3v) is 1.87. The minimum atomic E-state index is 0.525. The van der Waals surface area contributed by atoms with Gasteiger partial charge in [-0.25, -0.2) is 0 Å². The number of rotatable bonds is 4. The molecule has 0 aliphatic heterocycles. The Bertz CT molecular complexity index is 357. The highest BCUT2D eigenvalue weighted by Crippen LogP contribution is 2.10. The van der Waals surface area contributed by atoms with Crippen molar-refractivity contribution in [3.05, 3.63) is 24.0 Å². The van der Waals surface area contributed by atoms with Crippen molar-refractivity contribution in [2.45, 2.75) is 0 Å². The van der Waals surface area contributed by atoms with Gasteiger partial charge in [-0.3, -0.25) is 4.98 Å². The molecular weight excluding hydrogens is 210 g/mol. The van der Waals surface area contributed by atoms with Crippen LogP contribution in [-0.4, -0.2) is 31.6 Å². The SMILES string of the molecule is COCCOc1cncc(C#CSC)c1. The molecule has 0 aliphatic rings. The maximum Gasteiger partial charge on any atom is 0.138 e. The van der Waals surface area contributed by atoms with E-state index in [1.54, 1.807) is 19.5 Å². The molecule has 0 spiro atoms. The number of ether oxygens (including phenoxy) is 2. The van der Waals surface area contributed by atoms with E-state index in [-0.39, 0.29) is 0 Å². The summed E-state index contributed by atoms with van der Waals surface area (Å²) in [5.74, 6) is 3.69. The fraction of sp³-hybridized carbons (Fsp3) is 0.364. The smallest absolute Gasteiger partial charge is 0.138 e. The van der Waals surface area contributed by atoms with Crippen LogP contribution in [0.1, 0.15) is 5.56 Å².